The Morgan fingerprint density at radius 1 is 1.10 bits per heavy atom. The molecule has 0 atom stereocenters. The van der Waals surface area contributed by atoms with E-state index in [1.54, 1.807) is 11.6 Å². The number of amides is 1. The highest BCUT2D eigenvalue weighted by atomic mass is 32.2. The van der Waals surface area contributed by atoms with Gasteiger partial charge in [0.1, 0.15) is 24.7 Å². The second-order valence-electron chi connectivity index (χ2n) is 6.62. The van der Waals surface area contributed by atoms with Crippen molar-refractivity contribution < 1.29 is 14.3 Å². The number of benzene rings is 2. The summed E-state index contributed by atoms with van der Waals surface area (Å²) in [5.41, 5.74) is 3.61. The van der Waals surface area contributed by atoms with Gasteiger partial charge in [-0.15, -0.1) is 6.58 Å². The number of carbonyl (C=O) groups is 1. The molecule has 0 radical (unpaired) electrons. The quantitative estimate of drug-likeness (QED) is 0.385. The fourth-order valence-electron chi connectivity index (χ4n) is 3.04. The van der Waals surface area contributed by atoms with Crippen LogP contribution in [-0.2, 0) is 11.2 Å². The molecule has 0 unspecified atom stereocenters. The highest BCUT2D eigenvalue weighted by Crippen LogP contribution is 2.25. The average Bonchev–Trinajstić information content (AvgIpc) is 3.25. The van der Waals surface area contributed by atoms with Crippen LogP contribution in [0.2, 0.25) is 0 Å². The summed E-state index contributed by atoms with van der Waals surface area (Å²) in [6, 6.07) is 15.1. The second-order valence-corrected chi connectivity index (χ2v) is 7.43. The molecule has 2 aromatic rings. The number of hydrogen-bond acceptors (Lipinski definition) is 6. The third kappa shape index (κ3) is 4.75. The summed E-state index contributed by atoms with van der Waals surface area (Å²) < 4.78 is 11.6. The maximum Gasteiger partial charge on any atom is 0.283 e. The van der Waals surface area contributed by atoms with Crippen LogP contribution in [0.15, 0.2) is 76.9 Å². The smallest absolute Gasteiger partial charge is 0.283 e. The third-order valence-corrected chi connectivity index (χ3v) is 5.21. The van der Waals surface area contributed by atoms with E-state index in [0.29, 0.717) is 24.1 Å². The molecule has 0 saturated carbocycles. The molecule has 0 aliphatic carbocycles. The molecule has 7 nitrogen and oxygen atoms in total. The minimum absolute atomic E-state index is 0.0189. The van der Waals surface area contributed by atoms with E-state index < -0.39 is 5.91 Å². The van der Waals surface area contributed by atoms with Crippen LogP contribution in [-0.4, -0.2) is 40.7 Å². The fourth-order valence-corrected chi connectivity index (χ4v) is 3.65. The Morgan fingerprint density at radius 2 is 1.87 bits per heavy atom. The van der Waals surface area contributed by atoms with E-state index in [0.717, 1.165) is 23.3 Å². The molecule has 0 saturated heterocycles. The fraction of sp³-hybridized carbons (Fsp3) is 0.130. The second kappa shape index (κ2) is 9.44. The van der Waals surface area contributed by atoms with Gasteiger partial charge in [0, 0.05) is 0 Å². The van der Waals surface area contributed by atoms with Crippen molar-refractivity contribution in [2.75, 3.05) is 13.2 Å². The van der Waals surface area contributed by atoms with Crippen LogP contribution in [0, 0.1) is 5.41 Å². The molecular formula is C23H20N4O3S. The number of fused-ring (bicyclic) bond motifs is 1. The van der Waals surface area contributed by atoms with Crippen molar-refractivity contribution >= 4 is 40.3 Å². The number of para-hydroxylation sites is 1. The minimum atomic E-state index is -0.441. The van der Waals surface area contributed by atoms with Gasteiger partial charge in [-0.05, 0) is 53.6 Å². The summed E-state index contributed by atoms with van der Waals surface area (Å²) >= 11 is 1.22. The zero-order chi connectivity index (χ0) is 21.6. The minimum Gasteiger partial charge on any atom is -0.490 e. The van der Waals surface area contributed by atoms with Crippen LogP contribution >= 0.6 is 11.8 Å². The van der Waals surface area contributed by atoms with Crippen LogP contribution in [0.4, 0.5) is 0 Å². The summed E-state index contributed by atoms with van der Waals surface area (Å²) in [6.07, 6.45) is 4.23. The number of aliphatic imine (C=N–C) groups is 1. The van der Waals surface area contributed by atoms with Gasteiger partial charge in [-0.1, -0.05) is 36.4 Å². The van der Waals surface area contributed by atoms with Crippen molar-refractivity contribution in [2.45, 2.75) is 6.42 Å². The van der Waals surface area contributed by atoms with Gasteiger partial charge in [0.25, 0.3) is 5.91 Å². The molecule has 31 heavy (non-hydrogen) atoms. The zero-order valence-corrected chi connectivity index (χ0v) is 17.5. The summed E-state index contributed by atoms with van der Waals surface area (Å²) in [6.45, 7) is 4.58. The van der Waals surface area contributed by atoms with Crippen LogP contribution in [0.1, 0.15) is 11.1 Å². The highest BCUT2D eigenvalue weighted by molar-refractivity contribution is 8.25. The Balaban J connectivity index is 1.33. The first-order valence-electron chi connectivity index (χ1n) is 9.63. The first-order chi connectivity index (χ1) is 15.2. The summed E-state index contributed by atoms with van der Waals surface area (Å²) in [5.74, 6) is 1.10. The molecule has 8 heteroatoms. The van der Waals surface area contributed by atoms with Crippen LogP contribution < -0.4 is 9.47 Å². The van der Waals surface area contributed by atoms with E-state index in [9.17, 15) is 4.79 Å². The molecule has 0 fully saturated rings. The molecule has 4 rings (SSSR count). The molecular weight excluding hydrogens is 412 g/mol. The van der Waals surface area contributed by atoms with Crippen molar-refractivity contribution in [3.8, 4) is 11.5 Å². The third-order valence-electron chi connectivity index (χ3n) is 4.53. The molecule has 2 aromatic carbocycles. The lowest BCUT2D eigenvalue weighted by Gasteiger charge is -2.20. The van der Waals surface area contributed by atoms with Gasteiger partial charge < -0.3 is 9.47 Å². The predicted octanol–water partition coefficient (Wildman–Crippen LogP) is 4.12. The lowest BCUT2D eigenvalue weighted by Crippen LogP contribution is -2.35. The topological polar surface area (TPSA) is 87.3 Å². The molecule has 156 valence electrons. The number of thioether (sulfide) groups is 1. The molecule has 0 aromatic heterocycles. The summed E-state index contributed by atoms with van der Waals surface area (Å²) in [4.78, 5) is 16.2. The summed E-state index contributed by atoms with van der Waals surface area (Å²) in [5, 5.41) is 14.0. The van der Waals surface area contributed by atoms with Crippen molar-refractivity contribution in [2.24, 2.45) is 10.1 Å². The van der Waals surface area contributed by atoms with Gasteiger partial charge >= 0.3 is 0 Å². The van der Waals surface area contributed by atoms with E-state index in [2.05, 4.69) is 16.7 Å². The summed E-state index contributed by atoms with van der Waals surface area (Å²) in [7, 11) is 0. The first kappa shape index (κ1) is 20.6. The molecule has 2 aliphatic heterocycles. The number of hydrazone groups is 1. The largest absolute Gasteiger partial charge is 0.490 e. The van der Waals surface area contributed by atoms with Crippen LogP contribution in [0.3, 0.4) is 0 Å². The lowest BCUT2D eigenvalue weighted by molar-refractivity contribution is -0.114. The Labute approximate surface area is 184 Å². The Morgan fingerprint density at radius 3 is 2.68 bits per heavy atom. The lowest BCUT2D eigenvalue weighted by atomic mass is 10.1. The maximum absolute atomic E-state index is 12.2. The predicted molar refractivity (Wildman–Crippen MR) is 124 cm³/mol. The van der Waals surface area contributed by atoms with E-state index in [-0.39, 0.29) is 11.4 Å². The zero-order valence-electron chi connectivity index (χ0n) is 16.7. The number of ether oxygens (including phenoxy) is 2. The van der Waals surface area contributed by atoms with E-state index in [1.807, 2.05) is 54.6 Å². The van der Waals surface area contributed by atoms with Gasteiger partial charge in [0.15, 0.2) is 11.0 Å². The van der Waals surface area contributed by atoms with Gasteiger partial charge in [-0.25, -0.2) is 0 Å². The Kier molecular flexibility index (Phi) is 6.28. The molecule has 1 amide bonds. The van der Waals surface area contributed by atoms with Gasteiger partial charge in [0.05, 0.1) is 11.1 Å². The maximum atomic E-state index is 12.2. The monoisotopic (exact) mass is 432 g/mol. The molecule has 0 bridgehead atoms. The van der Waals surface area contributed by atoms with Gasteiger partial charge in [0.2, 0.25) is 0 Å². The number of rotatable bonds is 8. The van der Waals surface area contributed by atoms with Gasteiger partial charge in [-0.3, -0.25) is 10.2 Å². The Hall–Kier alpha value is -3.65. The number of allylic oxidation sites excluding steroid dienone is 1. The van der Waals surface area contributed by atoms with Crippen LogP contribution in [0.5, 0.6) is 11.5 Å². The SMILES string of the molecule is C=CCc1ccccc1OCCOc1ccc(/C=C2/C(=N)N3N=CSC3=NC2=O)cc1. The van der Waals surface area contributed by atoms with Gasteiger partial charge in [-0.2, -0.15) is 15.1 Å². The standard InChI is InChI=1S/C23H20N4O3S/c1-2-5-17-6-3-4-7-20(17)30-13-12-29-18-10-8-16(9-11-18)14-19-21(24)27-23(26-22(19)28)31-15-25-27/h2-4,6-11,14-15,24H,1,5,12-13H2/b19-14-,24-21?. The Bertz CT molecular complexity index is 1110. The molecule has 0 spiro atoms. The number of carbonyl (C=O) groups excluding carboxylic acids is 1. The number of amidine groups is 2. The van der Waals surface area contributed by atoms with Crippen molar-refractivity contribution in [3.05, 3.63) is 77.9 Å². The van der Waals surface area contributed by atoms with Crippen molar-refractivity contribution in [1.29, 1.82) is 5.41 Å². The number of nitrogens with one attached hydrogen (secondary N) is 1. The van der Waals surface area contributed by atoms with Crippen molar-refractivity contribution in [1.82, 2.24) is 5.01 Å². The molecule has 2 aliphatic rings. The van der Waals surface area contributed by atoms with E-state index in [1.165, 1.54) is 16.8 Å². The molecule has 2 heterocycles. The first-order valence-corrected chi connectivity index (χ1v) is 10.5. The van der Waals surface area contributed by atoms with E-state index in [4.69, 9.17) is 14.9 Å². The number of nitrogens with zero attached hydrogens (tertiary/aromatic N) is 3. The van der Waals surface area contributed by atoms with Crippen LogP contribution in [0.25, 0.3) is 6.08 Å². The normalized spacial score (nSPS) is 16.3. The molecule has 1 N–H and O–H groups in total. The highest BCUT2D eigenvalue weighted by Gasteiger charge is 2.32. The average molecular weight is 433 g/mol. The van der Waals surface area contributed by atoms with E-state index >= 15 is 0 Å². The van der Waals surface area contributed by atoms with Crippen molar-refractivity contribution in [3.63, 3.8) is 0 Å². The number of hydrogen-bond donors (Lipinski definition) is 1.